The summed E-state index contributed by atoms with van der Waals surface area (Å²) in [6.07, 6.45) is 9.58. The molecule has 0 aromatic carbocycles. The molecule has 2 aliphatic rings. The zero-order valence-corrected chi connectivity index (χ0v) is 20.1. The Hall–Kier alpha value is -0.830. The first-order valence-corrected chi connectivity index (χ1v) is 10.8. The zero-order chi connectivity index (χ0) is 19.1. The maximum absolute atomic E-state index is 5.40. The molecule has 0 spiro atoms. The molecule has 1 aromatic heterocycles. The summed E-state index contributed by atoms with van der Waals surface area (Å²) >= 11 is 0. The van der Waals surface area contributed by atoms with Crippen LogP contribution in [-0.4, -0.2) is 48.7 Å². The molecule has 3 rings (SSSR count). The van der Waals surface area contributed by atoms with E-state index in [-0.39, 0.29) is 24.0 Å². The van der Waals surface area contributed by atoms with E-state index in [9.17, 15) is 0 Å². The molecule has 0 bridgehead atoms. The number of hydrogen-bond donors (Lipinski definition) is 2. The minimum Gasteiger partial charge on any atom is -0.359 e. The Bertz CT molecular complexity index is 589. The fraction of sp³-hybridized carbons (Fsp3) is 0.810. The highest BCUT2D eigenvalue weighted by atomic mass is 127. The summed E-state index contributed by atoms with van der Waals surface area (Å²) in [6.45, 7) is 8.56. The average Bonchev–Trinajstić information content (AvgIpc) is 3.17. The first-order chi connectivity index (χ1) is 13.1. The van der Waals surface area contributed by atoms with Crippen LogP contribution in [0.25, 0.3) is 0 Å². The van der Waals surface area contributed by atoms with E-state index in [0.29, 0.717) is 18.5 Å². The summed E-state index contributed by atoms with van der Waals surface area (Å²) in [6, 6.07) is 2.52. The highest BCUT2D eigenvalue weighted by Crippen LogP contribution is 2.25. The van der Waals surface area contributed by atoms with E-state index in [1.54, 1.807) is 0 Å². The van der Waals surface area contributed by atoms with Gasteiger partial charge in [0.05, 0.1) is 12.2 Å². The first-order valence-electron chi connectivity index (χ1n) is 10.8. The van der Waals surface area contributed by atoms with Crippen LogP contribution >= 0.6 is 24.0 Å². The molecular formula is C21H38IN5O. The van der Waals surface area contributed by atoms with Crippen molar-refractivity contribution >= 4 is 29.9 Å². The lowest BCUT2D eigenvalue weighted by molar-refractivity contribution is 0.160. The fourth-order valence-electron chi connectivity index (χ4n) is 4.24. The average molecular weight is 503 g/mol. The minimum absolute atomic E-state index is 0. The monoisotopic (exact) mass is 503 g/mol. The number of piperidine rings is 1. The molecule has 2 N–H and O–H groups in total. The summed E-state index contributed by atoms with van der Waals surface area (Å²) < 4.78 is 5.40. The molecule has 0 unspecified atom stereocenters. The maximum Gasteiger partial charge on any atom is 0.191 e. The van der Waals surface area contributed by atoms with Gasteiger partial charge in [0.15, 0.2) is 11.7 Å². The number of nitrogens with one attached hydrogen (secondary N) is 2. The van der Waals surface area contributed by atoms with Crippen LogP contribution in [0.3, 0.4) is 0 Å². The zero-order valence-electron chi connectivity index (χ0n) is 17.7. The Morgan fingerprint density at radius 1 is 1.21 bits per heavy atom. The predicted molar refractivity (Wildman–Crippen MR) is 125 cm³/mol. The van der Waals surface area contributed by atoms with E-state index >= 15 is 0 Å². The Morgan fingerprint density at radius 2 is 1.93 bits per heavy atom. The molecule has 0 radical (unpaired) electrons. The number of guanidine groups is 1. The Labute approximate surface area is 187 Å². The third-order valence-corrected chi connectivity index (χ3v) is 5.99. The molecule has 1 aromatic rings. The Balaban J connectivity index is 0.00000280. The molecule has 1 aliphatic carbocycles. The van der Waals surface area contributed by atoms with Crippen LogP contribution in [-0.2, 0) is 6.54 Å². The lowest BCUT2D eigenvalue weighted by atomic mass is 9.88. The normalized spacial score (nSPS) is 20.2. The summed E-state index contributed by atoms with van der Waals surface area (Å²) in [7, 11) is 1.83. The molecule has 1 aliphatic heterocycles. The third-order valence-electron chi connectivity index (χ3n) is 5.99. The van der Waals surface area contributed by atoms with Crippen LogP contribution in [0.15, 0.2) is 15.6 Å². The van der Waals surface area contributed by atoms with Crippen molar-refractivity contribution in [2.75, 3.05) is 26.7 Å². The number of hydrogen-bond acceptors (Lipinski definition) is 4. The molecule has 160 valence electrons. The molecule has 2 heterocycles. The second-order valence-electron chi connectivity index (χ2n) is 8.52. The topological polar surface area (TPSA) is 65.7 Å². The van der Waals surface area contributed by atoms with Gasteiger partial charge in [-0.2, -0.15) is 0 Å². The summed E-state index contributed by atoms with van der Waals surface area (Å²) in [4.78, 5) is 7.04. The van der Waals surface area contributed by atoms with Crippen molar-refractivity contribution in [2.45, 2.75) is 77.3 Å². The molecule has 0 amide bonds. The van der Waals surface area contributed by atoms with Crippen LogP contribution in [0.2, 0.25) is 0 Å². The second kappa shape index (κ2) is 12.0. The van der Waals surface area contributed by atoms with Crippen molar-refractivity contribution in [3.63, 3.8) is 0 Å². The van der Waals surface area contributed by atoms with Gasteiger partial charge < -0.3 is 20.1 Å². The number of likely N-dealkylation sites (tertiary alicyclic amines) is 1. The minimum atomic E-state index is 0. The van der Waals surface area contributed by atoms with E-state index in [1.807, 2.05) is 13.1 Å². The van der Waals surface area contributed by atoms with E-state index in [4.69, 9.17) is 4.52 Å². The lowest BCUT2D eigenvalue weighted by Crippen LogP contribution is -2.49. The number of rotatable bonds is 6. The number of nitrogens with zero attached hydrogens (tertiary/aromatic N) is 3. The molecule has 1 saturated heterocycles. The highest BCUT2D eigenvalue weighted by molar-refractivity contribution is 14.0. The van der Waals surface area contributed by atoms with Gasteiger partial charge in [-0.3, -0.25) is 4.99 Å². The van der Waals surface area contributed by atoms with Gasteiger partial charge in [0.1, 0.15) is 0 Å². The molecule has 2 fully saturated rings. The van der Waals surface area contributed by atoms with Crippen molar-refractivity contribution in [3.05, 3.63) is 17.5 Å². The number of aliphatic imine (C=N–C) groups is 1. The van der Waals surface area contributed by atoms with Gasteiger partial charge in [-0.25, -0.2) is 0 Å². The van der Waals surface area contributed by atoms with Crippen LogP contribution in [0, 0.1) is 5.92 Å². The SMILES string of the molecule is CN=C(NCc1cc(C(C)C)no1)NC1CCN(CC2CCCCC2)CC1.I. The van der Waals surface area contributed by atoms with E-state index in [2.05, 4.69) is 39.5 Å². The van der Waals surface area contributed by atoms with Crippen molar-refractivity contribution in [2.24, 2.45) is 10.9 Å². The molecule has 0 atom stereocenters. The molecule has 6 nitrogen and oxygen atoms in total. The van der Waals surface area contributed by atoms with Crippen molar-refractivity contribution in [1.82, 2.24) is 20.7 Å². The van der Waals surface area contributed by atoms with Gasteiger partial charge >= 0.3 is 0 Å². The number of aromatic nitrogens is 1. The molecule has 7 heteroatoms. The van der Waals surface area contributed by atoms with Crippen LogP contribution in [0.1, 0.15) is 76.2 Å². The Morgan fingerprint density at radius 3 is 2.54 bits per heavy atom. The standard InChI is InChI=1S/C21H37N5O.HI/c1-16(2)20-13-19(27-25-20)14-23-21(22-3)24-18-9-11-26(12-10-18)15-17-7-5-4-6-8-17;/h13,16-18H,4-12,14-15H2,1-3H3,(H2,22,23,24);1H. The second-order valence-corrected chi connectivity index (χ2v) is 8.52. The summed E-state index contributed by atoms with van der Waals surface area (Å²) in [5.74, 6) is 3.03. The van der Waals surface area contributed by atoms with Gasteiger partial charge in [-0.1, -0.05) is 38.3 Å². The van der Waals surface area contributed by atoms with E-state index < -0.39 is 0 Å². The van der Waals surface area contributed by atoms with E-state index in [0.717, 1.165) is 23.3 Å². The van der Waals surface area contributed by atoms with Gasteiger partial charge in [0.25, 0.3) is 0 Å². The van der Waals surface area contributed by atoms with Gasteiger partial charge in [0.2, 0.25) is 0 Å². The van der Waals surface area contributed by atoms with Crippen molar-refractivity contribution in [3.8, 4) is 0 Å². The molecule has 1 saturated carbocycles. The summed E-state index contributed by atoms with van der Waals surface area (Å²) in [5, 5.41) is 11.0. The predicted octanol–water partition coefficient (Wildman–Crippen LogP) is 4.13. The van der Waals surface area contributed by atoms with Crippen molar-refractivity contribution < 1.29 is 4.52 Å². The van der Waals surface area contributed by atoms with Crippen LogP contribution < -0.4 is 10.6 Å². The largest absolute Gasteiger partial charge is 0.359 e. The van der Waals surface area contributed by atoms with Crippen LogP contribution in [0.4, 0.5) is 0 Å². The summed E-state index contributed by atoms with van der Waals surface area (Å²) in [5.41, 5.74) is 1.00. The quantitative estimate of drug-likeness (QED) is 0.347. The molecule has 28 heavy (non-hydrogen) atoms. The van der Waals surface area contributed by atoms with E-state index in [1.165, 1.54) is 64.6 Å². The van der Waals surface area contributed by atoms with Crippen LogP contribution in [0.5, 0.6) is 0 Å². The van der Waals surface area contributed by atoms with Gasteiger partial charge in [-0.05, 0) is 37.5 Å². The van der Waals surface area contributed by atoms with Crippen molar-refractivity contribution in [1.29, 1.82) is 0 Å². The Kier molecular flexibility index (Phi) is 10.0. The first kappa shape index (κ1) is 23.4. The van der Waals surface area contributed by atoms with Gasteiger partial charge in [0, 0.05) is 38.8 Å². The highest BCUT2D eigenvalue weighted by Gasteiger charge is 2.23. The smallest absolute Gasteiger partial charge is 0.191 e. The lowest BCUT2D eigenvalue weighted by Gasteiger charge is -2.36. The maximum atomic E-state index is 5.40. The van der Waals surface area contributed by atoms with Gasteiger partial charge in [-0.15, -0.1) is 24.0 Å². The molecular weight excluding hydrogens is 465 g/mol. The third kappa shape index (κ3) is 7.21. The fourth-order valence-corrected chi connectivity index (χ4v) is 4.24. The number of halogens is 1.